The van der Waals surface area contributed by atoms with Gasteiger partial charge < -0.3 is 9.73 Å². The first-order valence-corrected chi connectivity index (χ1v) is 11.7. The van der Waals surface area contributed by atoms with Crippen LogP contribution in [0, 0.1) is 6.92 Å². The monoisotopic (exact) mass is 430 g/mol. The van der Waals surface area contributed by atoms with Crippen LogP contribution in [0.25, 0.3) is 0 Å². The van der Waals surface area contributed by atoms with Gasteiger partial charge in [0.05, 0.1) is 24.0 Å². The third-order valence-electron chi connectivity index (χ3n) is 3.87. The van der Waals surface area contributed by atoms with Crippen LogP contribution in [0.15, 0.2) is 41.0 Å². The second-order valence-corrected chi connectivity index (χ2v) is 9.46. The largest absolute Gasteiger partial charge is 0.468 e. The molecule has 0 aliphatic carbocycles. The number of halogens is 1. The molecule has 2 aromatic rings. The highest BCUT2D eigenvalue weighted by atomic mass is 35.5. The van der Waals surface area contributed by atoms with E-state index in [9.17, 15) is 13.2 Å². The fourth-order valence-corrected chi connectivity index (χ4v) is 4.59. The SMILES string of the molecule is Cc1ccc(N([C@H](C)C(=O)NCCSCc2ccco2)S(C)(=O)=O)cc1Cl. The Morgan fingerprint density at radius 3 is 2.70 bits per heavy atom. The van der Waals surface area contributed by atoms with Gasteiger partial charge in [-0.3, -0.25) is 9.10 Å². The summed E-state index contributed by atoms with van der Waals surface area (Å²) < 4.78 is 30.9. The van der Waals surface area contributed by atoms with Crippen LogP contribution < -0.4 is 9.62 Å². The molecular formula is C18H23ClN2O4S2. The number of hydrogen-bond donors (Lipinski definition) is 1. The standard InChI is InChI=1S/C18H23ClN2O4S2/c1-13-6-7-15(11-17(13)19)21(27(3,23)24)14(2)18(22)20-8-10-26-12-16-5-4-9-25-16/h4-7,9,11,14H,8,10,12H2,1-3H3,(H,20,22)/t14-/m1/s1. The molecule has 0 aliphatic rings. The Balaban J connectivity index is 1.96. The molecule has 9 heteroatoms. The van der Waals surface area contributed by atoms with Gasteiger partial charge in [-0.05, 0) is 43.7 Å². The summed E-state index contributed by atoms with van der Waals surface area (Å²) in [5, 5.41) is 3.23. The molecule has 0 spiro atoms. The second-order valence-electron chi connectivity index (χ2n) is 6.09. The molecule has 0 saturated carbocycles. The minimum Gasteiger partial charge on any atom is -0.468 e. The summed E-state index contributed by atoms with van der Waals surface area (Å²) >= 11 is 7.74. The Morgan fingerprint density at radius 1 is 1.37 bits per heavy atom. The molecule has 148 valence electrons. The molecule has 1 atom stereocenters. The number of amides is 1. The fraction of sp³-hybridized carbons (Fsp3) is 0.389. The van der Waals surface area contributed by atoms with E-state index in [1.807, 2.05) is 19.1 Å². The zero-order valence-electron chi connectivity index (χ0n) is 15.4. The van der Waals surface area contributed by atoms with Crippen molar-refractivity contribution in [2.75, 3.05) is 22.9 Å². The lowest BCUT2D eigenvalue weighted by atomic mass is 10.2. The number of anilines is 1. The number of carbonyl (C=O) groups is 1. The number of carbonyl (C=O) groups excluding carboxylic acids is 1. The maximum absolute atomic E-state index is 12.5. The predicted molar refractivity (Wildman–Crippen MR) is 111 cm³/mol. The number of thioether (sulfide) groups is 1. The van der Waals surface area contributed by atoms with Crippen molar-refractivity contribution in [2.45, 2.75) is 25.6 Å². The number of rotatable bonds is 9. The number of nitrogens with zero attached hydrogens (tertiary/aromatic N) is 1. The van der Waals surface area contributed by atoms with Crippen molar-refractivity contribution in [1.29, 1.82) is 0 Å². The van der Waals surface area contributed by atoms with Crippen molar-refractivity contribution >= 4 is 45.0 Å². The van der Waals surface area contributed by atoms with E-state index in [1.54, 1.807) is 43.1 Å². The van der Waals surface area contributed by atoms with Crippen molar-refractivity contribution < 1.29 is 17.6 Å². The van der Waals surface area contributed by atoms with E-state index in [0.29, 0.717) is 23.0 Å². The lowest BCUT2D eigenvalue weighted by Gasteiger charge is -2.28. The highest BCUT2D eigenvalue weighted by Gasteiger charge is 2.29. The molecule has 0 fully saturated rings. The highest BCUT2D eigenvalue weighted by Crippen LogP contribution is 2.26. The number of benzene rings is 1. The lowest BCUT2D eigenvalue weighted by Crippen LogP contribution is -2.48. The molecule has 1 aromatic heterocycles. The Bertz CT molecular complexity index is 869. The van der Waals surface area contributed by atoms with Crippen molar-refractivity contribution in [2.24, 2.45) is 0 Å². The molecule has 6 nitrogen and oxygen atoms in total. The van der Waals surface area contributed by atoms with E-state index in [-0.39, 0.29) is 5.91 Å². The molecule has 0 saturated heterocycles. The summed E-state index contributed by atoms with van der Waals surface area (Å²) in [6.07, 6.45) is 2.69. The smallest absolute Gasteiger partial charge is 0.243 e. The van der Waals surface area contributed by atoms with Gasteiger partial charge in [-0.15, -0.1) is 0 Å². The number of nitrogens with one attached hydrogen (secondary N) is 1. The summed E-state index contributed by atoms with van der Waals surface area (Å²) in [5.41, 5.74) is 1.20. The van der Waals surface area contributed by atoms with Gasteiger partial charge >= 0.3 is 0 Å². The zero-order chi connectivity index (χ0) is 20.0. The molecule has 27 heavy (non-hydrogen) atoms. The summed E-state index contributed by atoms with van der Waals surface area (Å²) in [6, 6.07) is 7.76. The molecular weight excluding hydrogens is 408 g/mol. The Morgan fingerprint density at radius 2 is 2.11 bits per heavy atom. The second kappa shape index (κ2) is 9.52. The van der Waals surface area contributed by atoms with Gasteiger partial charge in [0.15, 0.2) is 0 Å². The minimum atomic E-state index is -3.66. The van der Waals surface area contributed by atoms with E-state index in [2.05, 4.69) is 5.32 Å². The molecule has 0 aliphatic heterocycles. The summed E-state index contributed by atoms with van der Waals surface area (Å²) in [7, 11) is -3.66. The third-order valence-corrected chi connectivity index (χ3v) is 6.50. The Kier molecular flexibility index (Phi) is 7.64. The molecule has 1 aromatic carbocycles. The van der Waals surface area contributed by atoms with Crippen molar-refractivity contribution in [3.8, 4) is 0 Å². The molecule has 1 amide bonds. The maximum atomic E-state index is 12.5. The molecule has 2 rings (SSSR count). The van der Waals surface area contributed by atoms with Crippen LogP contribution in [-0.2, 0) is 20.6 Å². The normalized spacial score (nSPS) is 12.6. The van der Waals surface area contributed by atoms with Crippen LogP contribution in [0.3, 0.4) is 0 Å². The quantitative estimate of drug-likeness (QED) is 0.616. The van der Waals surface area contributed by atoms with Crippen molar-refractivity contribution in [1.82, 2.24) is 5.32 Å². The molecule has 1 heterocycles. The van der Waals surface area contributed by atoms with E-state index in [4.69, 9.17) is 16.0 Å². The first-order valence-electron chi connectivity index (χ1n) is 8.33. The van der Waals surface area contributed by atoms with Crippen LogP contribution in [0.2, 0.25) is 5.02 Å². The summed E-state index contributed by atoms with van der Waals surface area (Å²) in [4.78, 5) is 12.5. The number of furan rings is 1. The van der Waals surface area contributed by atoms with Crippen molar-refractivity contribution in [3.63, 3.8) is 0 Å². The Labute approximate surface area is 169 Å². The minimum absolute atomic E-state index is 0.364. The topological polar surface area (TPSA) is 79.6 Å². The van der Waals surface area contributed by atoms with Crippen LogP contribution in [-0.4, -0.2) is 38.9 Å². The van der Waals surface area contributed by atoms with Crippen LogP contribution in [0.1, 0.15) is 18.2 Å². The van der Waals surface area contributed by atoms with Crippen molar-refractivity contribution in [3.05, 3.63) is 52.9 Å². The van der Waals surface area contributed by atoms with Crippen LogP contribution >= 0.6 is 23.4 Å². The average molecular weight is 431 g/mol. The lowest BCUT2D eigenvalue weighted by molar-refractivity contribution is -0.121. The van der Waals surface area contributed by atoms with Gasteiger partial charge in [0, 0.05) is 17.3 Å². The van der Waals surface area contributed by atoms with E-state index < -0.39 is 16.1 Å². The molecule has 0 radical (unpaired) electrons. The van der Waals surface area contributed by atoms with E-state index in [1.165, 1.54) is 0 Å². The molecule has 0 bridgehead atoms. The van der Waals surface area contributed by atoms with E-state index in [0.717, 1.165) is 27.6 Å². The Hall–Kier alpha value is -1.64. The van der Waals surface area contributed by atoms with Gasteiger partial charge in [-0.1, -0.05) is 17.7 Å². The van der Waals surface area contributed by atoms with Gasteiger partial charge in [0.25, 0.3) is 0 Å². The van der Waals surface area contributed by atoms with Crippen LogP contribution in [0.4, 0.5) is 5.69 Å². The van der Waals surface area contributed by atoms with Gasteiger partial charge in [0.2, 0.25) is 15.9 Å². The third kappa shape index (κ3) is 6.19. The predicted octanol–water partition coefficient (Wildman–Crippen LogP) is 3.45. The molecule has 0 unspecified atom stereocenters. The molecule has 1 N–H and O–H groups in total. The number of hydrogen-bond acceptors (Lipinski definition) is 5. The zero-order valence-corrected chi connectivity index (χ0v) is 17.8. The number of sulfonamides is 1. The average Bonchev–Trinajstić information content (AvgIpc) is 3.10. The van der Waals surface area contributed by atoms with Gasteiger partial charge in [-0.2, -0.15) is 11.8 Å². The summed E-state index contributed by atoms with van der Waals surface area (Å²) in [5.74, 6) is 1.92. The highest BCUT2D eigenvalue weighted by molar-refractivity contribution is 7.98. The first kappa shape index (κ1) is 21.7. The van der Waals surface area contributed by atoms with Gasteiger partial charge in [0.1, 0.15) is 11.8 Å². The van der Waals surface area contributed by atoms with Gasteiger partial charge in [-0.25, -0.2) is 8.42 Å². The van der Waals surface area contributed by atoms with E-state index >= 15 is 0 Å². The first-order chi connectivity index (χ1) is 12.7. The maximum Gasteiger partial charge on any atom is 0.243 e. The fourth-order valence-electron chi connectivity index (χ4n) is 2.49. The number of aryl methyl sites for hydroxylation is 1. The summed E-state index contributed by atoms with van der Waals surface area (Å²) in [6.45, 7) is 3.81. The van der Waals surface area contributed by atoms with Crippen LogP contribution in [0.5, 0.6) is 0 Å².